The van der Waals surface area contributed by atoms with Crippen molar-refractivity contribution in [3.05, 3.63) is 0 Å². The average molecular weight is 304 g/mol. The molecular formula is O3OsZn. The molecule has 28 valence electrons. The van der Waals surface area contributed by atoms with Gasteiger partial charge in [0.25, 0.3) is 0 Å². The van der Waals surface area contributed by atoms with E-state index in [1.807, 2.05) is 0 Å². The first-order chi connectivity index (χ1) is 0. The molecule has 0 aromatic rings. The Morgan fingerprint density at radius 3 is 0.600 bits per heavy atom. The minimum atomic E-state index is 0. The van der Waals surface area contributed by atoms with E-state index in [2.05, 4.69) is 0 Å². The van der Waals surface area contributed by atoms with Gasteiger partial charge >= 0.3 is 39.3 Å². The van der Waals surface area contributed by atoms with Crippen LogP contribution < -0.4 is 0 Å². The van der Waals surface area contributed by atoms with Gasteiger partial charge in [-0.2, -0.15) is 0 Å². The largest absolute Gasteiger partial charge is 4.00 e. The van der Waals surface area contributed by atoms with E-state index >= 15 is 0 Å². The van der Waals surface area contributed by atoms with Crippen molar-refractivity contribution in [1.29, 1.82) is 0 Å². The van der Waals surface area contributed by atoms with Crippen molar-refractivity contribution < 1.29 is 55.7 Å². The van der Waals surface area contributed by atoms with Crippen molar-refractivity contribution in [1.82, 2.24) is 0 Å². The molecule has 0 aromatic heterocycles. The van der Waals surface area contributed by atoms with Gasteiger partial charge in [0.05, 0.1) is 0 Å². The summed E-state index contributed by atoms with van der Waals surface area (Å²) in [5.74, 6) is 0. The summed E-state index contributed by atoms with van der Waals surface area (Å²) in [7, 11) is 0. The maximum Gasteiger partial charge on any atom is 4.00 e. The third-order valence-electron chi connectivity index (χ3n) is 0. The van der Waals surface area contributed by atoms with Gasteiger partial charge in [-0.15, -0.1) is 0 Å². The topological polar surface area (TPSA) is 85.5 Å². The molecule has 0 fully saturated rings. The van der Waals surface area contributed by atoms with Crippen LogP contribution in [0.2, 0.25) is 0 Å². The van der Waals surface area contributed by atoms with Crippen molar-refractivity contribution in [2.24, 2.45) is 0 Å². The molecule has 0 aliphatic carbocycles. The smallest absolute Gasteiger partial charge is 2.00 e. The third kappa shape index (κ3) is 39.0. The zero-order valence-electron chi connectivity index (χ0n) is 2.29. The van der Waals surface area contributed by atoms with Gasteiger partial charge in [0.2, 0.25) is 0 Å². The summed E-state index contributed by atoms with van der Waals surface area (Å²) in [5.41, 5.74) is 0. The molecule has 0 radical (unpaired) electrons. The Hall–Kier alpha value is 1.14. The van der Waals surface area contributed by atoms with Crippen molar-refractivity contribution >= 4 is 0 Å². The Kier molecular flexibility index (Phi) is 1690. The molecule has 5 heteroatoms. The van der Waals surface area contributed by atoms with Crippen LogP contribution in [0, 0.1) is 0 Å². The monoisotopic (exact) mass is 304 g/mol. The van der Waals surface area contributed by atoms with Gasteiger partial charge in [0.15, 0.2) is 0 Å². The molecule has 0 saturated heterocycles. The maximum atomic E-state index is 0. The summed E-state index contributed by atoms with van der Waals surface area (Å²) in [4.78, 5) is 0. The molecule has 3 nitrogen and oxygen atoms in total. The zero-order chi connectivity index (χ0) is 0. The second-order valence-electron chi connectivity index (χ2n) is 0. The number of rotatable bonds is 0. The Morgan fingerprint density at radius 2 is 0.600 bits per heavy atom. The molecule has 0 N–H and O–H groups in total. The molecule has 0 unspecified atom stereocenters. The van der Waals surface area contributed by atoms with Crippen LogP contribution in [0.1, 0.15) is 0 Å². The van der Waals surface area contributed by atoms with Crippen LogP contribution in [-0.2, 0) is 55.7 Å². The molecule has 0 bridgehead atoms. The molecule has 5 heavy (non-hydrogen) atoms. The van der Waals surface area contributed by atoms with Crippen molar-refractivity contribution in [2.45, 2.75) is 0 Å². The van der Waals surface area contributed by atoms with Crippen LogP contribution >= 0.6 is 0 Å². The Labute approximate surface area is 55.9 Å². The van der Waals surface area contributed by atoms with Crippen LogP contribution in [0.15, 0.2) is 0 Å². The van der Waals surface area contributed by atoms with Crippen LogP contribution in [-0.4, -0.2) is 0 Å². The maximum absolute atomic E-state index is 0. The first-order valence-corrected chi connectivity index (χ1v) is 0. The molecule has 0 aromatic carbocycles. The summed E-state index contributed by atoms with van der Waals surface area (Å²) in [6, 6.07) is 0. The van der Waals surface area contributed by atoms with Crippen molar-refractivity contribution in [3.63, 3.8) is 0 Å². The molecular weight excluding hydrogens is 304 g/mol. The van der Waals surface area contributed by atoms with Gasteiger partial charge in [0, 0.05) is 0 Å². The molecule has 0 saturated carbocycles. The van der Waals surface area contributed by atoms with Crippen LogP contribution in [0.25, 0.3) is 0 Å². The minimum absolute atomic E-state index is 0. The number of hydrogen-bond donors (Lipinski definition) is 0. The summed E-state index contributed by atoms with van der Waals surface area (Å²) >= 11 is 0. The van der Waals surface area contributed by atoms with E-state index < -0.39 is 0 Å². The second-order valence-corrected chi connectivity index (χ2v) is 0. The van der Waals surface area contributed by atoms with Crippen LogP contribution in [0.3, 0.4) is 0 Å². The predicted molar refractivity (Wildman–Crippen MR) is 2.06 cm³/mol. The Bertz CT molecular complexity index is 6.85. The Morgan fingerprint density at radius 1 is 0.600 bits per heavy atom. The van der Waals surface area contributed by atoms with Crippen molar-refractivity contribution in [2.75, 3.05) is 0 Å². The fraction of sp³-hybridized carbons (Fsp3) is 0. The minimum Gasteiger partial charge on any atom is -2.00 e. The van der Waals surface area contributed by atoms with Crippen molar-refractivity contribution in [3.8, 4) is 0 Å². The summed E-state index contributed by atoms with van der Waals surface area (Å²) in [5, 5.41) is 0. The first-order valence-electron chi connectivity index (χ1n) is 0. The van der Waals surface area contributed by atoms with E-state index in [0.717, 1.165) is 0 Å². The quantitative estimate of drug-likeness (QED) is 0.547. The molecule has 0 amide bonds. The predicted octanol–water partition coefficient (Wildman–Crippen LogP) is -0.361. The average Bonchev–Trinajstić information content (AvgIpc) is 0. The van der Waals surface area contributed by atoms with Crippen LogP contribution in [0.4, 0.5) is 0 Å². The normalized spacial score (nSPS) is 0. The standard InChI is InChI=1S/3O.Os.Zn/q3*-2;+4;+2. The summed E-state index contributed by atoms with van der Waals surface area (Å²) in [6.07, 6.45) is 0. The molecule has 0 aliphatic rings. The summed E-state index contributed by atoms with van der Waals surface area (Å²) in [6.45, 7) is 0. The Balaban J connectivity index is 0. The van der Waals surface area contributed by atoms with E-state index in [-0.39, 0.29) is 55.7 Å². The van der Waals surface area contributed by atoms with E-state index in [4.69, 9.17) is 0 Å². The fourth-order valence-electron chi connectivity index (χ4n) is 0. The first kappa shape index (κ1) is 125. The fourth-order valence-corrected chi connectivity index (χ4v) is 0. The van der Waals surface area contributed by atoms with E-state index in [1.165, 1.54) is 0 Å². The summed E-state index contributed by atoms with van der Waals surface area (Å²) < 4.78 is 0. The van der Waals surface area contributed by atoms with Gasteiger partial charge in [0.1, 0.15) is 0 Å². The van der Waals surface area contributed by atoms with E-state index in [9.17, 15) is 0 Å². The van der Waals surface area contributed by atoms with Gasteiger partial charge in [-0.1, -0.05) is 0 Å². The van der Waals surface area contributed by atoms with E-state index in [0.29, 0.717) is 0 Å². The van der Waals surface area contributed by atoms with Crippen LogP contribution in [0.5, 0.6) is 0 Å². The van der Waals surface area contributed by atoms with Gasteiger partial charge in [-0.05, 0) is 0 Å². The molecule has 0 spiro atoms. The molecule has 0 aliphatic heterocycles. The zero-order valence-corrected chi connectivity index (χ0v) is 7.79. The number of hydrogen-bond acceptors (Lipinski definition) is 0. The van der Waals surface area contributed by atoms with E-state index in [1.54, 1.807) is 0 Å². The molecule has 0 atom stereocenters. The van der Waals surface area contributed by atoms with Gasteiger partial charge < -0.3 is 16.4 Å². The third-order valence-corrected chi connectivity index (χ3v) is 0. The molecule has 0 rings (SSSR count). The van der Waals surface area contributed by atoms with Gasteiger partial charge in [-0.3, -0.25) is 0 Å². The molecule has 0 heterocycles. The SMILES string of the molecule is [O-2].[O-2].[O-2].[Os+4].[Zn+2]. The van der Waals surface area contributed by atoms with Gasteiger partial charge in [-0.25, -0.2) is 0 Å². The second kappa shape index (κ2) is 67.8.